The molecule has 1 N–H and O–H groups in total. The molecule has 2 aromatic rings. The molecule has 0 aliphatic rings. The third kappa shape index (κ3) is 2.96. The molecule has 4 nitrogen and oxygen atoms in total. The van der Waals surface area contributed by atoms with Crippen molar-refractivity contribution in [2.24, 2.45) is 0 Å². The Morgan fingerprint density at radius 2 is 2.15 bits per heavy atom. The number of phenols is 1. The van der Waals surface area contributed by atoms with Crippen molar-refractivity contribution in [1.82, 2.24) is 4.90 Å². The van der Waals surface area contributed by atoms with Crippen molar-refractivity contribution in [1.29, 1.82) is 0 Å². The Hall–Kier alpha value is -1.94. The smallest absolute Gasteiger partial charge is 0.290 e. The lowest BCUT2D eigenvalue weighted by molar-refractivity contribution is 0.0669. The minimum Gasteiger partial charge on any atom is -0.508 e. The zero-order valence-electron chi connectivity index (χ0n) is 11.3. The van der Waals surface area contributed by atoms with E-state index in [0.717, 1.165) is 5.56 Å². The number of furan rings is 1. The van der Waals surface area contributed by atoms with Gasteiger partial charge in [-0.1, -0.05) is 12.1 Å². The number of carbonyl (C=O) groups is 1. The average molecular weight is 294 g/mol. The molecule has 0 fully saturated rings. The normalized spacial score (nSPS) is 12.2. The molecular formula is C15H16ClNO3. The van der Waals surface area contributed by atoms with Gasteiger partial charge in [-0.05, 0) is 55.3 Å². The van der Waals surface area contributed by atoms with Gasteiger partial charge in [0.25, 0.3) is 5.91 Å². The van der Waals surface area contributed by atoms with E-state index in [-0.39, 0.29) is 28.7 Å². The first-order valence-electron chi connectivity index (χ1n) is 6.38. The SMILES string of the molecule is CCN(C(=O)c1ccc(Cl)o1)C(C)c1cccc(O)c1. The average Bonchev–Trinajstić information content (AvgIpc) is 2.86. The van der Waals surface area contributed by atoms with Gasteiger partial charge in [-0.15, -0.1) is 0 Å². The predicted octanol–water partition coefficient (Wildman–Crippen LogP) is 3.86. The van der Waals surface area contributed by atoms with Gasteiger partial charge < -0.3 is 14.4 Å². The van der Waals surface area contributed by atoms with E-state index in [0.29, 0.717) is 6.54 Å². The maximum atomic E-state index is 12.4. The van der Waals surface area contributed by atoms with Crippen LogP contribution in [-0.2, 0) is 0 Å². The molecule has 20 heavy (non-hydrogen) atoms. The number of halogens is 1. The van der Waals surface area contributed by atoms with Gasteiger partial charge in [0.15, 0.2) is 11.0 Å². The van der Waals surface area contributed by atoms with Crippen LogP contribution in [0.5, 0.6) is 5.75 Å². The number of amides is 1. The summed E-state index contributed by atoms with van der Waals surface area (Å²) in [4.78, 5) is 14.1. The molecule has 1 aromatic carbocycles. The summed E-state index contributed by atoms with van der Waals surface area (Å²) in [5.41, 5.74) is 0.859. The minimum atomic E-state index is -0.227. The third-order valence-electron chi connectivity index (χ3n) is 3.21. The van der Waals surface area contributed by atoms with Crippen molar-refractivity contribution < 1.29 is 14.3 Å². The fraction of sp³-hybridized carbons (Fsp3) is 0.267. The van der Waals surface area contributed by atoms with E-state index in [2.05, 4.69) is 0 Å². The summed E-state index contributed by atoms with van der Waals surface area (Å²) < 4.78 is 5.16. The first-order valence-corrected chi connectivity index (χ1v) is 6.76. The summed E-state index contributed by atoms with van der Waals surface area (Å²) in [6.07, 6.45) is 0. The molecule has 1 heterocycles. The van der Waals surface area contributed by atoms with E-state index >= 15 is 0 Å². The molecule has 5 heteroatoms. The molecule has 1 unspecified atom stereocenters. The highest BCUT2D eigenvalue weighted by Gasteiger charge is 2.23. The van der Waals surface area contributed by atoms with E-state index in [1.807, 2.05) is 19.9 Å². The van der Waals surface area contributed by atoms with Crippen LogP contribution in [0, 0.1) is 0 Å². The Morgan fingerprint density at radius 1 is 1.40 bits per heavy atom. The monoisotopic (exact) mass is 293 g/mol. The van der Waals surface area contributed by atoms with Gasteiger partial charge in [0.05, 0.1) is 6.04 Å². The molecule has 1 atom stereocenters. The van der Waals surface area contributed by atoms with Crippen LogP contribution in [0.1, 0.15) is 36.0 Å². The van der Waals surface area contributed by atoms with Crippen LogP contribution >= 0.6 is 11.6 Å². The fourth-order valence-electron chi connectivity index (χ4n) is 2.13. The molecule has 0 radical (unpaired) electrons. The maximum absolute atomic E-state index is 12.4. The van der Waals surface area contributed by atoms with Crippen molar-refractivity contribution in [3.8, 4) is 5.75 Å². The third-order valence-corrected chi connectivity index (χ3v) is 3.41. The van der Waals surface area contributed by atoms with Crippen LogP contribution in [0.25, 0.3) is 0 Å². The summed E-state index contributed by atoms with van der Waals surface area (Å²) in [7, 11) is 0. The second kappa shape index (κ2) is 6.01. The largest absolute Gasteiger partial charge is 0.508 e. The Morgan fingerprint density at radius 3 is 2.70 bits per heavy atom. The second-order valence-corrected chi connectivity index (χ2v) is 4.84. The predicted molar refractivity (Wildman–Crippen MR) is 77.0 cm³/mol. The van der Waals surface area contributed by atoms with Gasteiger partial charge in [0.1, 0.15) is 5.75 Å². The molecule has 0 saturated carbocycles. The van der Waals surface area contributed by atoms with Crippen molar-refractivity contribution in [3.63, 3.8) is 0 Å². The highest BCUT2D eigenvalue weighted by Crippen LogP contribution is 2.25. The highest BCUT2D eigenvalue weighted by molar-refractivity contribution is 6.29. The number of benzene rings is 1. The lowest BCUT2D eigenvalue weighted by Crippen LogP contribution is -2.33. The van der Waals surface area contributed by atoms with Crippen LogP contribution in [0.3, 0.4) is 0 Å². The number of hydrogen-bond donors (Lipinski definition) is 1. The quantitative estimate of drug-likeness (QED) is 0.931. The topological polar surface area (TPSA) is 53.7 Å². The summed E-state index contributed by atoms with van der Waals surface area (Å²) in [6.45, 7) is 4.32. The van der Waals surface area contributed by atoms with E-state index in [4.69, 9.17) is 16.0 Å². The van der Waals surface area contributed by atoms with Gasteiger partial charge in [-0.25, -0.2) is 0 Å². The lowest BCUT2D eigenvalue weighted by Gasteiger charge is -2.27. The fourth-order valence-corrected chi connectivity index (χ4v) is 2.27. The zero-order chi connectivity index (χ0) is 14.7. The number of phenolic OH excluding ortho intramolecular Hbond substituents is 1. The van der Waals surface area contributed by atoms with Crippen LogP contribution < -0.4 is 0 Å². The summed E-state index contributed by atoms with van der Waals surface area (Å²) in [5.74, 6) is 0.165. The molecule has 0 bridgehead atoms. The summed E-state index contributed by atoms with van der Waals surface area (Å²) >= 11 is 5.70. The van der Waals surface area contributed by atoms with Crippen LogP contribution in [0.15, 0.2) is 40.8 Å². The Bertz CT molecular complexity index is 609. The van der Waals surface area contributed by atoms with E-state index in [1.165, 1.54) is 0 Å². The standard InChI is InChI=1S/C15H16ClNO3/c1-3-17(15(19)13-7-8-14(16)20-13)10(2)11-5-4-6-12(18)9-11/h4-10,18H,3H2,1-2H3. The van der Waals surface area contributed by atoms with Crippen LogP contribution in [0.4, 0.5) is 0 Å². The maximum Gasteiger partial charge on any atom is 0.290 e. The molecule has 0 aliphatic heterocycles. The first kappa shape index (κ1) is 14.5. The van der Waals surface area contributed by atoms with Gasteiger partial charge >= 0.3 is 0 Å². The molecule has 0 saturated heterocycles. The molecule has 0 spiro atoms. The number of nitrogens with zero attached hydrogens (tertiary/aromatic N) is 1. The van der Waals surface area contributed by atoms with Crippen molar-refractivity contribution in [2.45, 2.75) is 19.9 Å². The van der Waals surface area contributed by atoms with Crippen LogP contribution in [0.2, 0.25) is 5.22 Å². The molecule has 2 rings (SSSR count). The lowest BCUT2D eigenvalue weighted by atomic mass is 10.1. The Kier molecular flexibility index (Phi) is 4.35. The van der Waals surface area contributed by atoms with Crippen molar-refractivity contribution in [2.75, 3.05) is 6.54 Å². The molecule has 1 amide bonds. The van der Waals surface area contributed by atoms with Gasteiger partial charge in [0.2, 0.25) is 0 Å². The van der Waals surface area contributed by atoms with Crippen molar-refractivity contribution >= 4 is 17.5 Å². The number of rotatable bonds is 4. The highest BCUT2D eigenvalue weighted by atomic mass is 35.5. The van der Waals surface area contributed by atoms with Gasteiger partial charge in [0, 0.05) is 6.54 Å². The second-order valence-electron chi connectivity index (χ2n) is 4.47. The Labute approximate surface area is 122 Å². The zero-order valence-corrected chi connectivity index (χ0v) is 12.1. The van der Waals surface area contributed by atoms with Gasteiger partial charge in [-0.3, -0.25) is 4.79 Å². The molecule has 0 aliphatic carbocycles. The molecular weight excluding hydrogens is 278 g/mol. The molecule has 1 aromatic heterocycles. The van der Waals surface area contributed by atoms with Crippen LogP contribution in [-0.4, -0.2) is 22.5 Å². The van der Waals surface area contributed by atoms with Crippen molar-refractivity contribution in [3.05, 3.63) is 52.9 Å². The molecule has 106 valence electrons. The number of aromatic hydroxyl groups is 1. The Balaban J connectivity index is 2.25. The van der Waals surface area contributed by atoms with E-state index in [1.54, 1.807) is 35.2 Å². The minimum absolute atomic E-state index is 0.177. The number of hydrogen-bond acceptors (Lipinski definition) is 3. The van der Waals surface area contributed by atoms with Gasteiger partial charge in [-0.2, -0.15) is 0 Å². The summed E-state index contributed by atoms with van der Waals surface area (Å²) in [5, 5.41) is 9.73. The first-order chi connectivity index (χ1) is 9.52. The van der Waals surface area contributed by atoms with E-state index in [9.17, 15) is 9.90 Å². The van der Waals surface area contributed by atoms with E-state index < -0.39 is 0 Å². The number of carbonyl (C=O) groups excluding carboxylic acids is 1. The summed E-state index contributed by atoms with van der Waals surface area (Å²) in [6, 6.07) is 9.79.